The van der Waals surface area contributed by atoms with Gasteiger partial charge < -0.3 is 4.74 Å². The van der Waals surface area contributed by atoms with Crippen LogP contribution in [0.2, 0.25) is 0 Å². The molecule has 1 aliphatic rings. The molecular formula is C14H17ClO. The van der Waals surface area contributed by atoms with Crippen LogP contribution in [-0.4, -0.2) is 12.5 Å². The number of hydrogen-bond acceptors (Lipinski definition) is 1. The third-order valence-corrected chi connectivity index (χ3v) is 3.68. The van der Waals surface area contributed by atoms with Crippen LogP contribution in [0.4, 0.5) is 0 Å². The van der Waals surface area contributed by atoms with Gasteiger partial charge in [-0.25, -0.2) is 0 Å². The molecule has 0 heterocycles. The third-order valence-electron chi connectivity index (χ3n) is 3.22. The molecule has 1 aliphatic carbocycles. The van der Waals surface area contributed by atoms with Crippen LogP contribution in [0.5, 0.6) is 5.75 Å². The average molecular weight is 237 g/mol. The van der Waals surface area contributed by atoms with E-state index >= 15 is 0 Å². The highest BCUT2D eigenvalue weighted by Crippen LogP contribution is 2.36. The summed E-state index contributed by atoms with van der Waals surface area (Å²) in [5.41, 5.74) is 2.72. The lowest BCUT2D eigenvalue weighted by Crippen LogP contribution is -2.16. The van der Waals surface area contributed by atoms with Gasteiger partial charge in [0.05, 0.1) is 7.11 Å². The molecule has 0 saturated heterocycles. The minimum absolute atomic E-state index is 0.221. The summed E-state index contributed by atoms with van der Waals surface area (Å²) < 4.78 is 5.16. The van der Waals surface area contributed by atoms with Crippen LogP contribution in [0.1, 0.15) is 31.2 Å². The Morgan fingerprint density at radius 1 is 1.25 bits per heavy atom. The first-order chi connectivity index (χ1) is 7.70. The second-order valence-corrected chi connectivity index (χ2v) is 4.95. The van der Waals surface area contributed by atoms with E-state index in [2.05, 4.69) is 25.1 Å². The molecule has 1 aromatic carbocycles. The fraction of sp³-hybridized carbons (Fsp3) is 0.429. The number of methoxy groups -OCH3 is 1. The number of allylic oxidation sites excluding steroid dienone is 2. The highest BCUT2D eigenvalue weighted by molar-refractivity contribution is 6.21. The molecule has 2 atom stereocenters. The number of ether oxygens (including phenoxy) is 1. The lowest BCUT2D eigenvalue weighted by Gasteiger charge is -2.26. The fourth-order valence-corrected chi connectivity index (χ4v) is 2.70. The van der Waals surface area contributed by atoms with Crippen molar-refractivity contribution in [3.05, 3.63) is 41.5 Å². The first-order valence-electron chi connectivity index (χ1n) is 5.64. The summed E-state index contributed by atoms with van der Waals surface area (Å²) in [5, 5.41) is 0.221. The van der Waals surface area contributed by atoms with Gasteiger partial charge in [-0.1, -0.05) is 23.8 Å². The fourth-order valence-electron chi connectivity index (χ4n) is 2.20. The number of halogens is 1. The Morgan fingerprint density at radius 3 is 2.50 bits per heavy atom. The van der Waals surface area contributed by atoms with Gasteiger partial charge in [-0.15, -0.1) is 11.6 Å². The van der Waals surface area contributed by atoms with Gasteiger partial charge in [0, 0.05) is 11.3 Å². The summed E-state index contributed by atoms with van der Waals surface area (Å²) in [5.74, 6) is 1.34. The maximum absolute atomic E-state index is 6.41. The number of benzene rings is 1. The van der Waals surface area contributed by atoms with E-state index in [1.807, 2.05) is 12.1 Å². The highest BCUT2D eigenvalue weighted by Gasteiger charge is 2.23. The Kier molecular flexibility index (Phi) is 3.55. The largest absolute Gasteiger partial charge is 0.497 e. The van der Waals surface area contributed by atoms with Crippen LogP contribution in [-0.2, 0) is 0 Å². The van der Waals surface area contributed by atoms with Gasteiger partial charge in [0.1, 0.15) is 5.75 Å². The SMILES string of the molecule is COc1ccc([C@@H]2CC=C(C)C[C@H]2Cl)cc1. The van der Waals surface area contributed by atoms with Crippen LogP contribution in [0.25, 0.3) is 0 Å². The monoisotopic (exact) mass is 236 g/mol. The van der Waals surface area contributed by atoms with Gasteiger partial charge in [-0.05, 0) is 37.5 Å². The Balaban J connectivity index is 2.17. The first-order valence-corrected chi connectivity index (χ1v) is 6.08. The van der Waals surface area contributed by atoms with Gasteiger partial charge in [-0.2, -0.15) is 0 Å². The summed E-state index contributed by atoms with van der Waals surface area (Å²) in [6.07, 6.45) is 4.35. The summed E-state index contributed by atoms with van der Waals surface area (Å²) >= 11 is 6.41. The zero-order valence-electron chi connectivity index (χ0n) is 9.74. The molecule has 0 N–H and O–H groups in total. The Labute approximate surface area is 102 Å². The first kappa shape index (κ1) is 11.5. The molecular weight excluding hydrogens is 220 g/mol. The average Bonchev–Trinajstić information content (AvgIpc) is 2.29. The minimum Gasteiger partial charge on any atom is -0.497 e. The molecule has 0 bridgehead atoms. The highest BCUT2D eigenvalue weighted by atomic mass is 35.5. The molecule has 2 heteroatoms. The molecule has 0 radical (unpaired) electrons. The van der Waals surface area contributed by atoms with E-state index in [1.165, 1.54) is 11.1 Å². The molecule has 2 rings (SSSR count). The number of alkyl halides is 1. The van der Waals surface area contributed by atoms with Crippen LogP contribution < -0.4 is 4.74 Å². The summed E-state index contributed by atoms with van der Waals surface area (Å²) in [6.45, 7) is 2.15. The molecule has 0 amide bonds. The summed E-state index contributed by atoms with van der Waals surface area (Å²) in [4.78, 5) is 0. The predicted molar refractivity (Wildman–Crippen MR) is 68.4 cm³/mol. The van der Waals surface area contributed by atoms with E-state index in [9.17, 15) is 0 Å². The molecule has 0 aromatic heterocycles. The molecule has 1 nitrogen and oxygen atoms in total. The van der Waals surface area contributed by atoms with Gasteiger partial charge in [0.15, 0.2) is 0 Å². The van der Waals surface area contributed by atoms with E-state index in [0.29, 0.717) is 5.92 Å². The molecule has 86 valence electrons. The standard InChI is InChI=1S/C14H17ClO/c1-10-3-8-13(14(15)9-10)11-4-6-12(16-2)7-5-11/h3-7,13-14H,8-9H2,1-2H3/t13-,14+/m0/s1. The van der Waals surface area contributed by atoms with Crippen molar-refractivity contribution < 1.29 is 4.74 Å². The van der Waals surface area contributed by atoms with E-state index in [1.54, 1.807) is 7.11 Å². The molecule has 1 aromatic rings. The van der Waals surface area contributed by atoms with Crippen molar-refractivity contribution in [2.24, 2.45) is 0 Å². The molecule has 0 unspecified atom stereocenters. The van der Waals surface area contributed by atoms with Crippen molar-refractivity contribution >= 4 is 11.6 Å². The summed E-state index contributed by atoms with van der Waals surface area (Å²) in [7, 11) is 1.69. The van der Waals surface area contributed by atoms with Gasteiger partial charge in [0.25, 0.3) is 0 Å². The molecule has 0 fully saturated rings. The van der Waals surface area contributed by atoms with Gasteiger partial charge in [-0.3, -0.25) is 0 Å². The Morgan fingerprint density at radius 2 is 1.94 bits per heavy atom. The normalized spacial score (nSPS) is 25.1. The zero-order chi connectivity index (χ0) is 11.5. The number of hydrogen-bond donors (Lipinski definition) is 0. The van der Waals surface area contributed by atoms with Crippen LogP contribution in [0.3, 0.4) is 0 Å². The van der Waals surface area contributed by atoms with Crippen molar-refractivity contribution in [1.29, 1.82) is 0 Å². The van der Waals surface area contributed by atoms with Crippen LogP contribution >= 0.6 is 11.6 Å². The van der Waals surface area contributed by atoms with E-state index in [0.717, 1.165) is 18.6 Å². The smallest absolute Gasteiger partial charge is 0.118 e. The second-order valence-electron chi connectivity index (χ2n) is 4.39. The van der Waals surface area contributed by atoms with Crippen molar-refractivity contribution in [3.63, 3.8) is 0 Å². The van der Waals surface area contributed by atoms with Crippen LogP contribution in [0.15, 0.2) is 35.9 Å². The van der Waals surface area contributed by atoms with Crippen molar-refractivity contribution in [1.82, 2.24) is 0 Å². The lowest BCUT2D eigenvalue weighted by molar-refractivity contribution is 0.414. The quantitative estimate of drug-likeness (QED) is 0.554. The third kappa shape index (κ3) is 2.41. The van der Waals surface area contributed by atoms with Gasteiger partial charge >= 0.3 is 0 Å². The maximum atomic E-state index is 6.41. The summed E-state index contributed by atoms with van der Waals surface area (Å²) in [6, 6.07) is 8.25. The second kappa shape index (κ2) is 4.92. The van der Waals surface area contributed by atoms with E-state index < -0.39 is 0 Å². The van der Waals surface area contributed by atoms with Crippen molar-refractivity contribution in [3.8, 4) is 5.75 Å². The molecule has 16 heavy (non-hydrogen) atoms. The maximum Gasteiger partial charge on any atom is 0.118 e. The Hall–Kier alpha value is -0.950. The van der Waals surface area contributed by atoms with Crippen LogP contribution in [0, 0.1) is 0 Å². The van der Waals surface area contributed by atoms with Crippen molar-refractivity contribution in [2.45, 2.75) is 31.1 Å². The van der Waals surface area contributed by atoms with Gasteiger partial charge in [0.2, 0.25) is 0 Å². The topological polar surface area (TPSA) is 9.23 Å². The number of rotatable bonds is 2. The minimum atomic E-state index is 0.221. The predicted octanol–water partition coefficient (Wildman–Crippen LogP) is 4.13. The Bertz CT molecular complexity index is 380. The van der Waals surface area contributed by atoms with E-state index in [4.69, 9.17) is 16.3 Å². The molecule has 0 saturated carbocycles. The van der Waals surface area contributed by atoms with E-state index in [-0.39, 0.29) is 5.38 Å². The lowest BCUT2D eigenvalue weighted by atomic mass is 9.84. The zero-order valence-corrected chi connectivity index (χ0v) is 10.5. The molecule has 0 spiro atoms. The molecule has 0 aliphatic heterocycles. The van der Waals surface area contributed by atoms with Crippen molar-refractivity contribution in [2.75, 3.05) is 7.11 Å².